The summed E-state index contributed by atoms with van der Waals surface area (Å²) in [7, 11) is 0. The number of rotatable bonds is 7. The zero-order valence-electron chi connectivity index (χ0n) is 9.77. The number of halogens is 3. The zero-order valence-corrected chi connectivity index (χ0v) is 9.77. The largest absolute Gasteiger partial charge is 0.465 e. The molecular weight excluding hydrogens is 221 g/mol. The lowest BCUT2D eigenvalue weighted by Crippen LogP contribution is -2.20. The van der Waals surface area contributed by atoms with E-state index in [1.54, 1.807) is 0 Å². The third kappa shape index (κ3) is 8.56. The molecule has 0 aromatic heterocycles. The van der Waals surface area contributed by atoms with Gasteiger partial charge in [-0.25, -0.2) is 0 Å². The number of esters is 1. The van der Waals surface area contributed by atoms with Crippen molar-refractivity contribution in [1.82, 2.24) is 0 Å². The predicted octanol–water partition coefficient (Wildman–Crippen LogP) is 3.70. The smallest absolute Gasteiger partial charge is 0.399 e. The van der Waals surface area contributed by atoms with Gasteiger partial charge in [0.15, 0.2) is 0 Å². The quantitative estimate of drug-likeness (QED) is 0.634. The summed E-state index contributed by atoms with van der Waals surface area (Å²) in [5.41, 5.74) is 0. The first-order valence-electron chi connectivity index (χ1n) is 5.61. The summed E-state index contributed by atoms with van der Waals surface area (Å²) in [6.07, 6.45) is -2.20. The van der Waals surface area contributed by atoms with Gasteiger partial charge in [-0.05, 0) is 12.3 Å². The molecule has 0 aliphatic heterocycles. The minimum Gasteiger partial charge on any atom is -0.465 e. The second-order valence-electron chi connectivity index (χ2n) is 3.89. The van der Waals surface area contributed by atoms with Gasteiger partial charge in [0.25, 0.3) is 0 Å². The number of unbranched alkanes of at least 4 members (excludes halogenated alkanes) is 1. The van der Waals surface area contributed by atoms with Crippen molar-refractivity contribution in [2.24, 2.45) is 5.92 Å². The summed E-state index contributed by atoms with van der Waals surface area (Å²) in [5, 5.41) is 0. The van der Waals surface area contributed by atoms with Crippen LogP contribution in [0.4, 0.5) is 13.2 Å². The fourth-order valence-electron chi connectivity index (χ4n) is 1.32. The monoisotopic (exact) mass is 240 g/mol. The van der Waals surface area contributed by atoms with E-state index in [0.717, 1.165) is 25.7 Å². The normalized spacial score (nSPS) is 13.6. The molecule has 0 bridgehead atoms. The summed E-state index contributed by atoms with van der Waals surface area (Å²) in [6.45, 7) is 4.09. The van der Waals surface area contributed by atoms with E-state index in [9.17, 15) is 18.0 Å². The summed E-state index contributed by atoms with van der Waals surface area (Å²) >= 11 is 0. The van der Waals surface area contributed by atoms with Crippen LogP contribution in [0.2, 0.25) is 0 Å². The average Bonchev–Trinajstić information content (AvgIpc) is 2.15. The van der Waals surface area contributed by atoms with Crippen LogP contribution in [0.3, 0.4) is 0 Å². The summed E-state index contributed by atoms with van der Waals surface area (Å²) in [4.78, 5) is 10.8. The molecule has 1 unspecified atom stereocenters. The second kappa shape index (κ2) is 7.52. The third-order valence-corrected chi connectivity index (χ3v) is 2.37. The first kappa shape index (κ1) is 15.3. The molecule has 0 aromatic carbocycles. The molecule has 2 nitrogen and oxygen atoms in total. The Labute approximate surface area is 94.2 Å². The first-order chi connectivity index (χ1) is 7.39. The number of carbonyl (C=O) groups excluding carboxylic acids is 1. The second-order valence-corrected chi connectivity index (χ2v) is 3.89. The molecule has 1 atom stereocenters. The van der Waals surface area contributed by atoms with E-state index in [0.29, 0.717) is 0 Å². The van der Waals surface area contributed by atoms with Crippen molar-refractivity contribution in [2.45, 2.75) is 52.1 Å². The zero-order chi connectivity index (χ0) is 12.6. The highest BCUT2D eigenvalue weighted by Crippen LogP contribution is 2.20. The number of carbonyl (C=O) groups is 1. The van der Waals surface area contributed by atoms with Crippen molar-refractivity contribution in [2.75, 3.05) is 6.61 Å². The molecule has 0 fully saturated rings. The molecule has 16 heavy (non-hydrogen) atoms. The van der Waals surface area contributed by atoms with Crippen molar-refractivity contribution < 1.29 is 22.7 Å². The third-order valence-electron chi connectivity index (χ3n) is 2.37. The Kier molecular flexibility index (Phi) is 7.17. The van der Waals surface area contributed by atoms with Gasteiger partial charge in [0.2, 0.25) is 0 Å². The molecule has 0 saturated carbocycles. The summed E-state index contributed by atoms with van der Waals surface area (Å²) < 4.78 is 40.1. The summed E-state index contributed by atoms with van der Waals surface area (Å²) in [5.74, 6) is -1.00. The van der Waals surface area contributed by atoms with Gasteiger partial charge in [0.05, 0.1) is 6.61 Å². The molecular formula is C11H19F3O2. The van der Waals surface area contributed by atoms with Crippen LogP contribution in [0.25, 0.3) is 0 Å². The van der Waals surface area contributed by atoms with Gasteiger partial charge in [0, 0.05) is 0 Å². The molecule has 0 spiro atoms. The van der Waals surface area contributed by atoms with Gasteiger partial charge < -0.3 is 4.74 Å². The number of ether oxygens (including phenoxy) is 1. The molecule has 0 aromatic rings. The topological polar surface area (TPSA) is 26.3 Å². The molecule has 0 rings (SSSR count). The lowest BCUT2D eigenvalue weighted by molar-refractivity contribution is -0.172. The highest BCUT2D eigenvalue weighted by molar-refractivity contribution is 5.70. The van der Waals surface area contributed by atoms with Crippen LogP contribution in [0.5, 0.6) is 0 Å². The van der Waals surface area contributed by atoms with Crippen molar-refractivity contribution in [3.63, 3.8) is 0 Å². The maximum Gasteiger partial charge on any atom is 0.399 e. The van der Waals surface area contributed by atoms with Gasteiger partial charge in [-0.3, -0.25) is 4.79 Å². The van der Waals surface area contributed by atoms with Crippen molar-refractivity contribution in [3.8, 4) is 0 Å². The van der Waals surface area contributed by atoms with Gasteiger partial charge in [-0.1, -0.05) is 33.1 Å². The molecule has 0 aliphatic carbocycles. The SMILES string of the molecule is CCCCC(CC)COC(=O)CC(F)(F)F. The van der Waals surface area contributed by atoms with E-state index in [4.69, 9.17) is 0 Å². The van der Waals surface area contributed by atoms with Crippen LogP contribution < -0.4 is 0 Å². The Morgan fingerprint density at radius 1 is 1.31 bits per heavy atom. The van der Waals surface area contributed by atoms with E-state index in [-0.39, 0.29) is 12.5 Å². The Bertz CT molecular complexity index is 202. The van der Waals surface area contributed by atoms with Gasteiger partial charge in [-0.15, -0.1) is 0 Å². The Morgan fingerprint density at radius 2 is 1.94 bits per heavy atom. The Morgan fingerprint density at radius 3 is 2.38 bits per heavy atom. The van der Waals surface area contributed by atoms with Crippen LogP contribution >= 0.6 is 0 Å². The predicted molar refractivity (Wildman–Crippen MR) is 54.9 cm³/mol. The number of alkyl halides is 3. The number of hydrogen-bond donors (Lipinski definition) is 0. The summed E-state index contributed by atoms with van der Waals surface area (Å²) in [6, 6.07) is 0. The van der Waals surface area contributed by atoms with Crippen LogP contribution in [0, 0.1) is 5.92 Å². The van der Waals surface area contributed by atoms with Crippen LogP contribution in [-0.4, -0.2) is 18.8 Å². The standard InChI is InChI=1S/C11H19F3O2/c1-3-5-6-9(4-2)8-16-10(15)7-11(12,13)14/h9H,3-8H2,1-2H3. The van der Waals surface area contributed by atoms with Gasteiger partial charge in [-0.2, -0.15) is 13.2 Å². The Balaban J connectivity index is 3.79. The molecule has 0 heterocycles. The van der Waals surface area contributed by atoms with Crippen LogP contribution in [0.15, 0.2) is 0 Å². The lowest BCUT2D eigenvalue weighted by atomic mass is 10.0. The van der Waals surface area contributed by atoms with Gasteiger partial charge in [0.1, 0.15) is 6.42 Å². The molecule has 0 N–H and O–H groups in total. The van der Waals surface area contributed by atoms with Gasteiger partial charge >= 0.3 is 12.1 Å². The van der Waals surface area contributed by atoms with Crippen molar-refractivity contribution in [3.05, 3.63) is 0 Å². The van der Waals surface area contributed by atoms with E-state index in [2.05, 4.69) is 4.74 Å². The average molecular weight is 240 g/mol. The maximum absolute atomic E-state index is 11.8. The molecule has 96 valence electrons. The van der Waals surface area contributed by atoms with E-state index >= 15 is 0 Å². The van der Waals surface area contributed by atoms with Crippen LogP contribution in [-0.2, 0) is 9.53 Å². The minimum atomic E-state index is -4.47. The lowest BCUT2D eigenvalue weighted by Gasteiger charge is -2.15. The first-order valence-corrected chi connectivity index (χ1v) is 5.61. The van der Waals surface area contributed by atoms with Crippen molar-refractivity contribution in [1.29, 1.82) is 0 Å². The van der Waals surface area contributed by atoms with E-state index < -0.39 is 18.6 Å². The molecule has 0 saturated heterocycles. The molecule has 0 aliphatic rings. The van der Waals surface area contributed by atoms with Crippen molar-refractivity contribution >= 4 is 5.97 Å². The highest BCUT2D eigenvalue weighted by Gasteiger charge is 2.32. The molecule has 5 heteroatoms. The molecule has 0 radical (unpaired) electrons. The van der Waals surface area contributed by atoms with E-state index in [1.807, 2.05) is 13.8 Å². The number of hydrogen-bond acceptors (Lipinski definition) is 2. The highest BCUT2D eigenvalue weighted by atomic mass is 19.4. The fourth-order valence-corrected chi connectivity index (χ4v) is 1.32. The fraction of sp³-hybridized carbons (Fsp3) is 0.909. The maximum atomic E-state index is 11.8. The van der Waals surface area contributed by atoms with Crippen LogP contribution in [0.1, 0.15) is 46.0 Å². The van der Waals surface area contributed by atoms with E-state index in [1.165, 1.54) is 0 Å². The Hall–Kier alpha value is -0.740. The minimum absolute atomic E-state index is 0.103. The molecule has 0 amide bonds.